The van der Waals surface area contributed by atoms with Crippen LogP contribution in [0.4, 0.5) is 5.13 Å². The van der Waals surface area contributed by atoms with Gasteiger partial charge in [-0.15, -0.1) is 0 Å². The first-order valence-corrected chi connectivity index (χ1v) is 11.8. The summed E-state index contributed by atoms with van der Waals surface area (Å²) in [4.78, 5) is 26.7. The molecule has 1 amide bonds. The van der Waals surface area contributed by atoms with Crippen LogP contribution in [-0.2, 0) is 22.5 Å². The number of carbonyl (C=O) groups excluding carboxylic acids is 1. The Balaban J connectivity index is 1.67. The quantitative estimate of drug-likeness (QED) is 0.333. The van der Waals surface area contributed by atoms with Crippen molar-refractivity contribution in [3.05, 3.63) is 65.1 Å². The van der Waals surface area contributed by atoms with Gasteiger partial charge < -0.3 is 10.2 Å². The van der Waals surface area contributed by atoms with Crippen molar-refractivity contribution in [2.45, 2.75) is 33.6 Å². The maximum Gasteiger partial charge on any atom is 0.223 e. The molecule has 8 nitrogen and oxygen atoms in total. The summed E-state index contributed by atoms with van der Waals surface area (Å²) < 4.78 is 1.98. The Morgan fingerprint density at radius 2 is 1.94 bits per heavy atom. The van der Waals surface area contributed by atoms with E-state index in [9.17, 15) is 4.79 Å². The van der Waals surface area contributed by atoms with Gasteiger partial charge in [0.15, 0.2) is 5.13 Å². The number of nitrogens with one attached hydrogen (secondary N) is 1. The molecule has 0 fully saturated rings. The van der Waals surface area contributed by atoms with Gasteiger partial charge >= 0.3 is 0 Å². The average molecular weight is 473 g/mol. The molecule has 3 aromatic heterocycles. The number of aromatic nitrogens is 4. The maximum atomic E-state index is 11.6. The minimum absolute atomic E-state index is 0.130. The lowest BCUT2D eigenvalue weighted by molar-refractivity contribution is -0.114. The van der Waals surface area contributed by atoms with E-state index in [0.717, 1.165) is 68.6 Å². The second-order valence-corrected chi connectivity index (χ2v) is 9.16. The minimum Gasteiger partial charge on any atom is -0.399 e. The van der Waals surface area contributed by atoms with Gasteiger partial charge in [-0.3, -0.25) is 9.78 Å². The van der Waals surface area contributed by atoms with Crippen LogP contribution in [0.2, 0.25) is 0 Å². The molecule has 172 valence electrons. The van der Waals surface area contributed by atoms with E-state index >= 15 is 0 Å². The molecule has 0 atom stereocenters. The van der Waals surface area contributed by atoms with Crippen LogP contribution < -0.4 is 5.32 Å². The molecule has 0 spiro atoms. The van der Waals surface area contributed by atoms with Gasteiger partial charge in [-0.1, -0.05) is 28.6 Å². The monoisotopic (exact) mass is 472 g/mol. The highest BCUT2D eigenvalue weighted by molar-refractivity contribution is 7.19. The van der Waals surface area contributed by atoms with E-state index in [4.69, 9.17) is 9.94 Å². The summed E-state index contributed by atoms with van der Waals surface area (Å²) in [5, 5.41) is 12.5. The van der Waals surface area contributed by atoms with Crippen molar-refractivity contribution in [2.75, 3.05) is 12.4 Å². The van der Waals surface area contributed by atoms with Gasteiger partial charge in [0.05, 0.1) is 33.4 Å². The van der Waals surface area contributed by atoms with Gasteiger partial charge in [0, 0.05) is 29.9 Å². The van der Waals surface area contributed by atoms with E-state index in [1.807, 2.05) is 55.1 Å². The molecule has 0 aliphatic heterocycles. The van der Waals surface area contributed by atoms with Crippen molar-refractivity contribution >= 4 is 28.1 Å². The third-order valence-electron chi connectivity index (χ3n) is 5.73. The Bertz CT molecular complexity index is 1400. The van der Waals surface area contributed by atoms with Gasteiger partial charge in [0.1, 0.15) is 7.11 Å². The van der Waals surface area contributed by atoms with Gasteiger partial charge in [0.2, 0.25) is 5.91 Å². The smallest absolute Gasteiger partial charge is 0.223 e. The van der Waals surface area contributed by atoms with Crippen LogP contribution >= 0.6 is 11.3 Å². The highest BCUT2D eigenvalue weighted by atomic mass is 32.1. The first-order valence-electron chi connectivity index (χ1n) is 11.0. The van der Waals surface area contributed by atoms with Crippen molar-refractivity contribution in [1.82, 2.24) is 19.7 Å². The number of nitrogens with zero attached hydrogens (tertiary/aromatic N) is 5. The number of pyridine rings is 1. The third-order valence-corrected chi connectivity index (χ3v) is 6.75. The number of anilines is 1. The van der Waals surface area contributed by atoms with Gasteiger partial charge in [-0.2, -0.15) is 5.10 Å². The lowest BCUT2D eigenvalue weighted by Gasteiger charge is -2.14. The van der Waals surface area contributed by atoms with Crippen LogP contribution in [0.15, 0.2) is 47.8 Å². The van der Waals surface area contributed by atoms with Crippen LogP contribution in [0.25, 0.3) is 27.5 Å². The normalized spacial score (nSPS) is 12.8. The van der Waals surface area contributed by atoms with Gasteiger partial charge in [-0.05, 0) is 56.5 Å². The van der Waals surface area contributed by atoms with Crippen LogP contribution in [0.3, 0.4) is 0 Å². The molecule has 9 heteroatoms. The zero-order valence-electron chi connectivity index (χ0n) is 19.4. The molecule has 0 radical (unpaired) electrons. The van der Waals surface area contributed by atoms with E-state index < -0.39 is 0 Å². The number of rotatable bonds is 5. The molecular weight excluding hydrogens is 448 g/mol. The van der Waals surface area contributed by atoms with E-state index in [-0.39, 0.29) is 5.91 Å². The SMILES string of the molecule is CO/N=C(\C)c1ccc(-n2nc(-c3ccc(C)nc3)c3c2-c2sc(NC(C)=O)nc2CC3)cc1. The number of amides is 1. The Morgan fingerprint density at radius 1 is 1.15 bits per heavy atom. The number of oxime groups is 1. The molecule has 1 aliphatic rings. The standard InChI is InChI=1S/C25H24N6O2S/c1-14-5-6-18(13-26-14)22-20-11-12-21-24(34-25(28-21)27-16(3)32)23(20)31(29-22)19-9-7-17(8-10-19)15(2)30-33-4/h5-10,13H,11-12H2,1-4H3,(H,27,28,32)/b30-15+. The molecule has 0 saturated heterocycles. The predicted molar refractivity (Wildman–Crippen MR) is 134 cm³/mol. The summed E-state index contributed by atoms with van der Waals surface area (Å²) in [5.41, 5.74) is 8.73. The molecule has 1 N–H and O–H groups in total. The topological polar surface area (TPSA) is 94.3 Å². The van der Waals surface area contributed by atoms with E-state index in [1.54, 1.807) is 0 Å². The molecule has 5 rings (SSSR count). The molecule has 1 aromatic carbocycles. The molecule has 34 heavy (non-hydrogen) atoms. The fourth-order valence-electron chi connectivity index (χ4n) is 4.13. The molecule has 0 saturated carbocycles. The Labute approximate surface area is 201 Å². The number of hydrogen-bond acceptors (Lipinski definition) is 7. The summed E-state index contributed by atoms with van der Waals surface area (Å²) in [5.74, 6) is -0.130. The number of fused-ring (bicyclic) bond motifs is 3. The summed E-state index contributed by atoms with van der Waals surface area (Å²) in [6.07, 6.45) is 3.48. The van der Waals surface area contributed by atoms with Gasteiger partial charge in [0.25, 0.3) is 0 Å². The lowest BCUT2D eigenvalue weighted by atomic mass is 9.95. The molecular formula is C25H24N6O2S. The number of thiazole rings is 1. The maximum absolute atomic E-state index is 11.6. The molecule has 1 aliphatic carbocycles. The second-order valence-electron chi connectivity index (χ2n) is 8.16. The fourth-order valence-corrected chi connectivity index (χ4v) is 5.25. The predicted octanol–water partition coefficient (Wildman–Crippen LogP) is 4.79. The molecule has 4 aromatic rings. The second kappa shape index (κ2) is 8.83. The number of hydrogen-bond donors (Lipinski definition) is 1. The zero-order valence-corrected chi connectivity index (χ0v) is 20.2. The fraction of sp³-hybridized carbons (Fsp3) is 0.240. The van der Waals surface area contributed by atoms with Crippen LogP contribution in [-0.4, -0.2) is 38.5 Å². The molecule has 0 unspecified atom stereocenters. The van der Waals surface area contributed by atoms with E-state index in [1.165, 1.54) is 25.4 Å². The minimum atomic E-state index is -0.130. The third kappa shape index (κ3) is 3.99. The van der Waals surface area contributed by atoms with Crippen molar-refractivity contribution in [1.29, 1.82) is 0 Å². The zero-order chi connectivity index (χ0) is 23.8. The van der Waals surface area contributed by atoms with Gasteiger partial charge in [-0.25, -0.2) is 9.67 Å². The number of benzene rings is 1. The summed E-state index contributed by atoms with van der Waals surface area (Å²) >= 11 is 1.49. The first kappa shape index (κ1) is 22.0. The Morgan fingerprint density at radius 3 is 2.62 bits per heavy atom. The van der Waals surface area contributed by atoms with Crippen molar-refractivity contribution in [3.8, 4) is 27.5 Å². The van der Waals surface area contributed by atoms with E-state index in [2.05, 4.69) is 26.5 Å². The average Bonchev–Trinajstić information content (AvgIpc) is 3.40. The summed E-state index contributed by atoms with van der Waals surface area (Å²) in [7, 11) is 1.54. The summed E-state index contributed by atoms with van der Waals surface area (Å²) in [6.45, 7) is 5.38. The Kier molecular flexibility index (Phi) is 5.70. The van der Waals surface area contributed by atoms with Crippen molar-refractivity contribution in [2.24, 2.45) is 5.16 Å². The highest BCUT2D eigenvalue weighted by Crippen LogP contribution is 2.44. The van der Waals surface area contributed by atoms with Crippen LogP contribution in [0, 0.1) is 6.92 Å². The Hall–Kier alpha value is -3.85. The van der Waals surface area contributed by atoms with E-state index in [0.29, 0.717) is 5.13 Å². The van der Waals surface area contributed by atoms with Crippen LogP contribution in [0.1, 0.15) is 36.4 Å². The van der Waals surface area contributed by atoms with Crippen LogP contribution in [0.5, 0.6) is 0 Å². The molecule has 0 bridgehead atoms. The van der Waals surface area contributed by atoms with Crippen molar-refractivity contribution in [3.63, 3.8) is 0 Å². The first-order chi connectivity index (χ1) is 16.4. The number of aryl methyl sites for hydroxylation is 2. The highest BCUT2D eigenvalue weighted by Gasteiger charge is 2.30. The van der Waals surface area contributed by atoms with Crippen molar-refractivity contribution < 1.29 is 9.63 Å². The molecule has 3 heterocycles. The lowest BCUT2D eigenvalue weighted by Crippen LogP contribution is -2.07. The largest absolute Gasteiger partial charge is 0.399 e. The summed E-state index contributed by atoms with van der Waals surface area (Å²) in [6, 6.07) is 12.1. The number of carbonyl (C=O) groups is 1.